The van der Waals surface area contributed by atoms with Gasteiger partial charge in [-0.15, -0.1) is 39.4 Å². The Morgan fingerprint density at radius 3 is 2.94 bits per heavy atom. The number of thioether (sulfide) groups is 1. The lowest BCUT2D eigenvalue weighted by atomic mass is 9.88. The monoisotopic (exact) mass is 542 g/mol. The van der Waals surface area contributed by atoms with Crippen molar-refractivity contribution in [3.05, 3.63) is 44.5 Å². The second-order valence-electron chi connectivity index (χ2n) is 9.22. The predicted octanol–water partition coefficient (Wildman–Crippen LogP) is 5.78. The van der Waals surface area contributed by atoms with Crippen molar-refractivity contribution in [2.75, 3.05) is 17.7 Å². The summed E-state index contributed by atoms with van der Waals surface area (Å²) < 4.78 is 7.31. The minimum atomic E-state index is -0.358. The topological polar surface area (TPSA) is 86.1 Å². The van der Waals surface area contributed by atoms with Gasteiger partial charge in [-0.3, -0.25) is 9.36 Å². The van der Waals surface area contributed by atoms with Crippen molar-refractivity contribution >= 4 is 51.3 Å². The lowest BCUT2D eigenvalue weighted by Crippen LogP contribution is -2.17. The number of esters is 1. The SMILES string of the molecule is C=CCn1c(SCC(=O)Nc2sc3c(c2C(=O)OCC)CCC3)nnc1-c1csc2c1CCC(C)C2. The van der Waals surface area contributed by atoms with Gasteiger partial charge in [-0.05, 0) is 62.5 Å². The highest BCUT2D eigenvalue weighted by Crippen LogP contribution is 2.40. The van der Waals surface area contributed by atoms with Gasteiger partial charge < -0.3 is 10.1 Å². The van der Waals surface area contributed by atoms with Crippen LogP contribution in [0.5, 0.6) is 0 Å². The van der Waals surface area contributed by atoms with E-state index >= 15 is 0 Å². The molecule has 2 aliphatic rings. The van der Waals surface area contributed by atoms with Crippen LogP contribution in [0, 0.1) is 5.92 Å². The van der Waals surface area contributed by atoms with Crippen LogP contribution in [0.3, 0.4) is 0 Å². The fourth-order valence-corrected chi connectivity index (χ4v) is 8.24. The molecule has 0 spiro atoms. The number of rotatable bonds is 9. The van der Waals surface area contributed by atoms with E-state index < -0.39 is 0 Å². The van der Waals surface area contributed by atoms with Gasteiger partial charge in [0, 0.05) is 27.2 Å². The molecule has 10 heteroatoms. The van der Waals surface area contributed by atoms with Crippen LogP contribution >= 0.6 is 34.4 Å². The summed E-state index contributed by atoms with van der Waals surface area (Å²) in [5.41, 5.74) is 4.11. The first-order valence-electron chi connectivity index (χ1n) is 12.4. The zero-order valence-corrected chi connectivity index (χ0v) is 23.0. The molecule has 0 fully saturated rings. The highest BCUT2D eigenvalue weighted by Gasteiger charge is 2.29. The number of carbonyl (C=O) groups is 2. The average molecular weight is 543 g/mol. The third kappa shape index (κ3) is 4.90. The highest BCUT2D eigenvalue weighted by atomic mass is 32.2. The van der Waals surface area contributed by atoms with Gasteiger partial charge in [-0.1, -0.05) is 24.8 Å². The van der Waals surface area contributed by atoms with Crippen molar-refractivity contribution in [1.82, 2.24) is 14.8 Å². The van der Waals surface area contributed by atoms with Gasteiger partial charge in [-0.25, -0.2) is 4.79 Å². The molecule has 3 aromatic rings. The zero-order valence-electron chi connectivity index (χ0n) is 20.6. The standard InChI is InChI=1S/C26H30N4O3S3/c1-4-11-30-23(18-13-34-20-12-15(3)9-10-16(18)20)28-29-26(30)35-14-21(31)27-24-22(25(32)33-5-2)17-7-6-8-19(17)36-24/h4,13,15H,1,5-12,14H2,2-3H3,(H,27,31). The molecule has 0 aliphatic heterocycles. The number of nitrogens with one attached hydrogen (secondary N) is 1. The van der Waals surface area contributed by atoms with Gasteiger partial charge in [0.2, 0.25) is 5.91 Å². The maximum absolute atomic E-state index is 12.9. The maximum atomic E-state index is 12.9. The molecule has 1 unspecified atom stereocenters. The fourth-order valence-electron chi connectivity index (χ4n) is 4.96. The first-order valence-corrected chi connectivity index (χ1v) is 15.1. The number of amides is 1. The van der Waals surface area contributed by atoms with Crippen molar-refractivity contribution in [2.45, 2.75) is 64.1 Å². The van der Waals surface area contributed by atoms with Gasteiger partial charge in [-0.2, -0.15) is 0 Å². The second kappa shape index (κ2) is 10.9. The van der Waals surface area contributed by atoms with E-state index in [1.807, 2.05) is 22.0 Å². The van der Waals surface area contributed by atoms with E-state index in [1.165, 1.54) is 44.8 Å². The number of aryl methyl sites for hydroxylation is 1. The molecule has 0 radical (unpaired) electrons. The Kier molecular flexibility index (Phi) is 7.64. The Labute approximate surface area is 223 Å². The molecule has 1 atom stereocenters. The quantitative estimate of drug-likeness (QED) is 0.210. The van der Waals surface area contributed by atoms with E-state index in [0.29, 0.717) is 34.8 Å². The van der Waals surface area contributed by atoms with Crippen LogP contribution in [0.2, 0.25) is 0 Å². The molecule has 5 rings (SSSR count). The van der Waals surface area contributed by atoms with Gasteiger partial charge in [0.1, 0.15) is 5.00 Å². The smallest absolute Gasteiger partial charge is 0.341 e. The normalized spacial score (nSPS) is 16.4. The van der Waals surface area contributed by atoms with E-state index in [2.05, 4.69) is 34.4 Å². The summed E-state index contributed by atoms with van der Waals surface area (Å²) in [6.07, 6.45) is 8.03. The molecular formula is C26H30N4O3S3. The molecule has 0 saturated heterocycles. The van der Waals surface area contributed by atoms with E-state index in [-0.39, 0.29) is 17.6 Å². The summed E-state index contributed by atoms with van der Waals surface area (Å²) in [6, 6.07) is 0. The van der Waals surface area contributed by atoms with Crippen LogP contribution in [-0.4, -0.2) is 39.0 Å². The minimum Gasteiger partial charge on any atom is -0.462 e. The Morgan fingerprint density at radius 1 is 1.28 bits per heavy atom. The molecule has 1 amide bonds. The molecule has 3 aromatic heterocycles. The number of thiophene rings is 2. The Hall–Kier alpha value is -2.43. The number of ether oxygens (including phenoxy) is 1. The van der Waals surface area contributed by atoms with Crippen LogP contribution in [-0.2, 0) is 41.8 Å². The number of allylic oxidation sites excluding steroid dienone is 1. The Bertz CT molecular complexity index is 1310. The maximum Gasteiger partial charge on any atom is 0.341 e. The number of fused-ring (bicyclic) bond motifs is 2. The molecule has 36 heavy (non-hydrogen) atoms. The first kappa shape index (κ1) is 25.2. The Balaban J connectivity index is 1.32. The number of hydrogen-bond donors (Lipinski definition) is 1. The molecule has 1 N–H and O–H groups in total. The summed E-state index contributed by atoms with van der Waals surface area (Å²) in [6.45, 7) is 8.88. The van der Waals surface area contributed by atoms with Crippen molar-refractivity contribution in [3.63, 3.8) is 0 Å². The fraction of sp³-hybridized carbons (Fsp3) is 0.462. The Morgan fingerprint density at radius 2 is 2.14 bits per heavy atom. The van der Waals surface area contributed by atoms with E-state index in [1.54, 1.807) is 6.92 Å². The largest absolute Gasteiger partial charge is 0.462 e. The van der Waals surface area contributed by atoms with Crippen LogP contribution in [0.15, 0.2) is 23.2 Å². The summed E-state index contributed by atoms with van der Waals surface area (Å²) in [7, 11) is 0. The van der Waals surface area contributed by atoms with Crippen LogP contribution in [0.1, 0.15) is 57.9 Å². The number of aromatic nitrogens is 3. The summed E-state index contributed by atoms with van der Waals surface area (Å²) in [5, 5.41) is 15.4. The highest BCUT2D eigenvalue weighted by molar-refractivity contribution is 7.99. The minimum absolute atomic E-state index is 0.166. The van der Waals surface area contributed by atoms with Crippen LogP contribution in [0.25, 0.3) is 11.4 Å². The summed E-state index contributed by atoms with van der Waals surface area (Å²) in [4.78, 5) is 28.1. The third-order valence-electron chi connectivity index (χ3n) is 6.66. The third-order valence-corrected chi connectivity index (χ3v) is 9.88. The molecule has 7 nitrogen and oxygen atoms in total. The van der Waals surface area contributed by atoms with Crippen molar-refractivity contribution in [3.8, 4) is 11.4 Å². The van der Waals surface area contributed by atoms with Gasteiger partial charge in [0.25, 0.3) is 0 Å². The predicted molar refractivity (Wildman–Crippen MR) is 146 cm³/mol. The number of anilines is 1. The van der Waals surface area contributed by atoms with Crippen molar-refractivity contribution in [2.24, 2.45) is 5.92 Å². The molecule has 0 aromatic carbocycles. The van der Waals surface area contributed by atoms with Crippen molar-refractivity contribution in [1.29, 1.82) is 0 Å². The lowest BCUT2D eigenvalue weighted by Gasteiger charge is -2.19. The molecule has 3 heterocycles. The van der Waals surface area contributed by atoms with Gasteiger partial charge in [0.15, 0.2) is 11.0 Å². The van der Waals surface area contributed by atoms with E-state index in [0.717, 1.165) is 49.1 Å². The van der Waals surface area contributed by atoms with E-state index in [4.69, 9.17) is 4.74 Å². The zero-order chi connectivity index (χ0) is 25.2. The molecular weight excluding hydrogens is 513 g/mol. The molecule has 2 aliphatic carbocycles. The van der Waals surface area contributed by atoms with Gasteiger partial charge in [0.05, 0.1) is 17.9 Å². The number of nitrogens with zero attached hydrogens (tertiary/aromatic N) is 3. The molecule has 0 saturated carbocycles. The second-order valence-corrected chi connectivity index (χ2v) is 12.2. The summed E-state index contributed by atoms with van der Waals surface area (Å²) >= 11 is 4.65. The number of hydrogen-bond acceptors (Lipinski definition) is 8. The lowest BCUT2D eigenvalue weighted by molar-refractivity contribution is -0.113. The first-order chi connectivity index (χ1) is 17.5. The van der Waals surface area contributed by atoms with Crippen LogP contribution < -0.4 is 5.32 Å². The molecule has 0 bridgehead atoms. The van der Waals surface area contributed by atoms with Crippen LogP contribution in [0.4, 0.5) is 5.00 Å². The van der Waals surface area contributed by atoms with Gasteiger partial charge >= 0.3 is 5.97 Å². The summed E-state index contributed by atoms with van der Waals surface area (Å²) in [5.74, 6) is 1.18. The van der Waals surface area contributed by atoms with E-state index in [9.17, 15) is 9.59 Å². The average Bonchev–Trinajstić information content (AvgIpc) is 3.61. The molecule has 190 valence electrons. The number of carbonyl (C=O) groups excluding carboxylic acids is 2. The van der Waals surface area contributed by atoms with Crippen molar-refractivity contribution < 1.29 is 14.3 Å².